The molecule has 8 aromatic rings. The van der Waals surface area contributed by atoms with Crippen LogP contribution in [0.1, 0.15) is 16.7 Å². The first-order valence-corrected chi connectivity index (χ1v) is 14.2. The summed E-state index contributed by atoms with van der Waals surface area (Å²) >= 11 is 0. The molecule has 0 saturated heterocycles. The molecule has 0 radical (unpaired) electrons. The Morgan fingerprint density at radius 2 is 1.11 bits per heavy atom. The quantitative estimate of drug-likeness (QED) is 0.216. The molecule has 0 fully saturated rings. The van der Waals surface area contributed by atoms with Gasteiger partial charge in [-0.2, -0.15) is 15.8 Å². The SMILES string of the molecule is N#Cc1ccc(-n2c3ccccc3c3ccc(-c4cccc5c4c4ccccc4n5-c4cc(C#N)ccc4C#N)cc32)cc1. The summed E-state index contributed by atoms with van der Waals surface area (Å²) < 4.78 is 4.35. The number of benzene rings is 6. The van der Waals surface area contributed by atoms with Crippen molar-refractivity contribution < 1.29 is 0 Å². The highest BCUT2D eigenvalue weighted by Crippen LogP contribution is 2.41. The minimum absolute atomic E-state index is 0.502. The van der Waals surface area contributed by atoms with Gasteiger partial charge in [-0.15, -0.1) is 0 Å². The smallest absolute Gasteiger partial charge is 0.101 e. The fraction of sp³-hybridized carbons (Fsp3) is 0. The van der Waals surface area contributed by atoms with Crippen LogP contribution in [0.15, 0.2) is 127 Å². The molecule has 2 aromatic heterocycles. The topological polar surface area (TPSA) is 81.2 Å². The summed E-state index contributed by atoms with van der Waals surface area (Å²) in [6.07, 6.45) is 0. The normalized spacial score (nSPS) is 11.1. The lowest BCUT2D eigenvalue weighted by Gasteiger charge is -2.11. The number of fused-ring (bicyclic) bond motifs is 6. The van der Waals surface area contributed by atoms with Crippen molar-refractivity contribution in [3.8, 4) is 40.7 Å². The molecule has 202 valence electrons. The van der Waals surface area contributed by atoms with Crippen LogP contribution in [0.4, 0.5) is 0 Å². The monoisotopic (exact) mass is 559 g/mol. The number of nitrogens with zero attached hydrogens (tertiary/aromatic N) is 5. The van der Waals surface area contributed by atoms with Gasteiger partial charge < -0.3 is 9.13 Å². The summed E-state index contributed by atoms with van der Waals surface area (Å²) in [6, 6.07) is 49.1. The van der Waals surface area contributed by atoms with E-state index in [4.69, 9.17) is 0 Å². The van der Waals surface area contributed by atoms with Crippen molar-refractivity contribution in [1.29, 1.82) is 15.8 Å². The summed E-state index contributed by atoms with van der Waals surface area (Å²) in [5.74, 6) is 0. The second-order valence-corrected chi connectivity index (χ2v) is 10.8. The molecule has 0 unspecified atom stereocenters. The molecule has 0 aliphatic carbocycles. The molecule has 0 amide bonds. The van der Waals surface area contributed by atoms with Gasteiger partial charge in [0, 0.05) is 27.2 Å². The molecule has 5 nitrogen and oxygen atoms in total. The highest BCUT2D eigenvalue weighted by Gasteiger charge is 2.19. The predicted octanol–water partition coefficient (Wildman–Crippen LogP) is 9.16. The van der Waals surface area contributed by atoms with E-state index in [2.05, 4.69) is 94.1 Å². The van der Waals surface area contributed by atoms with E-state index in [0.717, 1.165) is 60.4 Å². The fourth-order valence-corrected chi connectivity index (χ4v) is 6.50. The Balaban J connectivity index is 1.44. The van der Waals surface area contributed by atoms with Crippen LogP contribution in [0, 0.1) is 34.0 Å². The number of para-hydroxylation sites is 2. The zero-order valence-electron chi connectivity index (χ0n) is 23.4. The largest absolute Gasteiger partial charge is 0.309 e. The Morgan fingerprint density at radius 3 is 1.86 bits per heavy atom. The van der Waals surface area contributed by atoms with Crippen LogP contribution in [0.2, 0.25) is 0 Å². The summed E-state index contributed by atoms with van der Waals surface area (Å²) in [7, 11) is 0. The second kappa shape index (κ2) is 9.74. The first-order chi connectivity index (χ1) is 21.7. The standard InChI is InChI=1S/C39H21N5/c40-22-25-13-17-29(18-14-25)43-34-9-3-1-6-31(34)32-19-16-27(21-38(32)43)30-8-5-11-36-39(30)33-7-2-4-10-35(33)44(36)37-20-26(23-41)12-15-28(37)24-42/h1-21H. The predicted molar refractivity (Wildman–Crippen MR) is 175 cm³/mol. The van der Waals surface area contributed by atoms with Gasteiger partial charge in [-0.05, 0) is 77.9 Å². The number of hydrogen-bond donors (Lipinski definition) is 0. The van der Waals surface area contributed by atoms with E-state index in [9.17, 15) is 15.8 Å². The second-order valence-electron chi connectivity index (χ2n) is 10.8. The Kier molecular flexibility index (Phi) is 5.56. The lowest BCUT2D eigenvalue weighted by molar-refractivity contribution is 1.16. The summed E-state index contributed by atoms with van der Waals surface area (Å²) in [5.41, 5.74) is 9.54. The Bertz CT molecular complexity index is 2580. The molecular weight excluding hydrogens is 538 g/mol. The van der Waals surface area contributed by atoms with Gasteiger partial charge in [-0.1, -0.05) is 60.7 Å². The molecule has 2 heterocycles. The molecule has 0 N–H and O–H groups in total. The van der Waals surface area contributed by atoms with E-state index in [0.29, 0.717) is 22.4 Å². The van der Waals surface area contributed by atoms with E-state index < -0.39 is 0 Å². The molecule has 5 heteroatoms. The third-order valence-electron chi connectivity index (χ3n) is 8.43. The van der Waals surface area contributed by atoms with E-state index in [1.165, 1.54) is 0 Å². The molecule has 0 aliphatic rings. The van der Waals surface area contributed by atoms with Gasteiger partial charge in [0.1, 0.15) is 6.07 Å². The first kappa shape index (κ1) is 25.1. The van der Waals surface area contributed by atoms with E-state index in [-0.39, 0.29) is 0 Å². The summed E-state index contributed by atoms with van der Waals surface area (Å²) in [6.45, 7) is 0. The molecule has 6 aromatic carbocycles. The van der Waals surface area contributed by atoms with Crippen LogP contribution in [0.25, 0.3) is 66.1 Å². The van der Waals surface area contributed by atoms with Gasteiger partial charge >= 0.3 is 0 Å². The zero-order valence-corrected chi connectivity index (χ0v) is 23.4. The molecule has 0 aliphatic heterocycles. The van der Waals surface area contributed by atoms with E-state index >= 15 is 0 Å². The molecular formula is C39H21N5. The fourth-order valence-electron chi connectivity index (χ4n) is 6.50. The van der Waals surface area contributed by atoms with Crippen LogP contribution >= 0.6 is 0 Å². The van der Waals surface area contributed by atoms with Crippen molar-refractivity contribution in [3.63, 3.8) is 0 Å². The van der Waals surface area contributed by atoms with Crippen molar-refractivity contribution in [1.82, 2.24) is 9.13 Å². The maximum absolute atomic E-state index is 10.0. The molecule has 0 saturated carbocycles. The van der Waals surface area contributed by atoms with Crippen LogP contribution in [0.5, 0.6) is 0 Å². The highest BCUT2D eigenvalue weighted by molar-refractivity contribution is 6.17. The summed E-state index contributed by atoms with van der Waals surface area (Å²) in [4.78, 5) is 0. The van der Waals surface area contributed by atoms with Crippen LogP contribution in [-0.4, -0.2) is 9.13 Å². The molecule has 0 bridgehead atoms. The third-order valence-corrected chi connectivity index (χ3v) is 8.43. The van der Waals surface area contributed by atoms with Gasteiger partial charge in [0.25, 0.3) is 0 Å². The zero-order chi connectivity index (χ0) is 29.8. The Labute approximate surface area is 252 Å². The van der Waals surface area contributed by atoms with Gasteiger partial charge in [0.15, 0.2) is 0 Å². The summed E-state index contributed by atoms with van der Waals surface area (Å²) in [5, 5.41) is 33.5. The van der Waals surface area contributed by atoms with Crippen LogP contribution < -0.4 is 0 Å². The molecule has 44 heavy (non-hydrogen) atoms. The third kappa shape index (κ3) is 3.63. The number of rotatable bonds is 3. The number of aromatic nitrogens is 2. The Morgan fingerprint density at radius 1 is 0.455 bits per heavy atom. The molecule has 0 spiro atoms. The van der Waals surface area contributed by atoms with Crippen molar-refractivity contribution in [2.24, 2.45) is 0 Å². The molecule has 8 rings (SSSR count). The van der Waals surface area contributed by atoms with E-state index in [1.54, 1.807) is 18.2 Å². The lowest BCUT2D eigenvalue weighted by Crippen LogP contribution is -1.98. The van der Waals surface area contributed by atoms with Crippen molar-refractivity contribution in [2.75, 3.05) is 0 Å². The number of nitriles is 3. The van der Waals surface area contributed by atoms with Gasteiger partial charge in [0.05, 0.1) is 56.6 Å². The average Bonchev–Trinajstić information content (AvgIpc) is 3.60. The van der Waals surface area contributed by atoms with Crippen LogP contribution in [-0.2, 0) is 0 Å². The van der Waals surface area contributed by atoms with Crippen molar-refractivity contribution in [3.05, 3.63) is 144 Å². The molecule has 0 atom stereocenters. The highest BCUT2D eigenvalue weighted by atomic mass is 15.0. The number of hydrogen-bond acceptors (Lipinski definition) is 3. The first-order valence-electron chi connectivity index (χ1n) is 14.2. The van der Waals surface area contributed by atoms with Crippen LogP contribution in [0.3, 0.4) is 0 Å². The van der Waals surface area contributed by atoms with E-state index in [1.807, 2.05) is 42.5 Å². The van der Waals surface area contributed by atoms with Gasteiger partial charge in [-0.3, -0.25) is 0 Å². The maximum atomic E-state index is 10.0. The van der Waals surface area contributed by atoms with Gasteiger partial charge in [-0.25, -0.2) is 0 Å². The minimum atomic E-state index is 0.502. The minimum Gasteiger partial charge on any atom is -0.309 e. The lowest BCUT2D eigenvalue weighted by atomic mass is 9.98. The maximum Gasteiger partial charge on any atom is 0.101 e. The average molecular weight is 560 g/mol. The Hall–Kier alpha value is -6.61. The van der Waals surface area contributed by atoms with Crippen molar-refractivity contribution >= 4 is 43.6 Å². The van der Waals surface area contributed by atoms with Gasteiger partial charge in [0.2, 0.25) is 0 Å². The van der Waals surface area contributed by atoms with Crippen molar-refractivity contribution in [2.45, 2.75) is 0 Å².